The zero-order chi connectivity index (χ0) is 11.1. The standard InChI is InChI=1S/C11H20FNO2/c1-2-3-10(14)13-9-11(8-12)4-6-15-7-5-11/h2-9H2,1H3,(H,13,14). The SMILES string of the molecule is CCCC(=O)NCC1(CF)CCOCC1. The normalized spacial score (nSPS) is 19.9. The van der Waals surface area contributed by atoms with E-state index in [1.54, 1.807) is 0 Å². The van der Waals surface area contributed by atoms with Crippen LogP contribution in [0.4, 0.5) is 4.39 Å². The Hall–Kier alpha value is -0.640. The second-order valence-corrected chi connectivity index (χ2v) is 4.27. The molecule has 0 aromatic rings. The number of hydrogen-bond donors (Lipinski definition) is 1. The summed E-state index contributed by atoms with van der Waals surface area (Å²) >= 11 is 0. The van der Waals surface area contributed by atoms with Crippen LogP contribution in [0.15, 0.2) is 0 Å². The molecule has 0 aliphatic carbocycles. The van der Waals surface area contributed by atoms with Crippen LogP contribution in [0.1, 0.15) is 32.6 Å². The average molecular weight is 217 g/mol. The maximum absolute atomic E-state index is 13.0. The van der Waals surface area contributed by atoms with Crippen molar-refractivity contribution in [3.63, 3.8) is 0 Å². The molecule has 0 saturated carbocycles. The predicted molar refractivity (Wildman–Crippen MR) is 56.4 cm³/mol. The van der Waals surface area contributed by atoms with Gasteiger partial charge in [0.25, 0.3) is 0 Å². The smallest absolute Gasteiger partial charge is 0.220 e. The molecule has 0 radical (unpaired) electrons. The Labute approximate surface area is 90.4 Å². The molecule has 0 atom stereocenters. The van der Waals surface area contributed by atoms with Crippen LogP contribution in [0.25, 0.3) is 0 Å². The van der Waals surface area contributed by atoms with Crippen LogP contribution < -0.4 is 5.32 Å². The summed E-state index contributed by atoms with van der Waals surface area (Å²) in [6.45, 7) is 3.24. The summed E-state index contributed by atoms with van der Waals surface area (Å²) in [6.07, 6.45) is 2.77. The van der Waals surface area contributed by atoms with E-state index in [9.17, 15) is 9.18 Å². The third kappa shape index (κ3) is 3.78. The lowest BCUT2D eigenvalue weighted by molar-refractivity contribution is -0.122. The van der Waals surface area contributed by atoms with Crippen molar-refractivity contribution in [1.82, 2.24) is 5.32 Å². The van der Waals surface area contributed by atoms with Crippen LogP contribution in [0.2, 0.25) is 0 Å². The van der Waals surface area contributed by atoms with Gasteiger partial charge in [-0.15, -0.1) is 0 Å². The van der Waals surface area contributed by atoms with E-state index in [2.05, 4.69) is 5.32 Å². The minimum atomic E-state index is -0.373. The largest absolute Gasteiger partial charge is 0.381 e. The van der Waals surface area contributed by atoms with E-state index in [-0.39, 0.29) is 18.0 Å². The van der Waals surface area contributed by atoms with Crippen LogP contribution >= 0.6 is 0 Å². The topological polar surface area (TPSA) is 38.3 Å². The minimum Gasteiger partial charge on any atom is -0.381 e. The van der Waals surface area contributed by atoms with E-state index in [0.717, 1.165) is 6.42 Å². The van der Waals surface area contributed by atoms with E-state index in [4.69, 9.17) is 4.74 Å². The Balaban J connectivity index is 2.35. The average Bonchev–Trinajstić information content (AvgIpc) is 2.28. The fraction of sp³-hybridized carbons (Fsp3) is 0.909. The first-order chi connectivity index (χ1) is 7.22. The van der Waals surface area contributed by atoms with Crippen molar-refractivity contribution in [3.8, 4) is 0 Å². The van der Waals surface area contributed by atoms with Crippen molar-refractivity contribution in [1.29, 1.82) is 0 Å². The van der Waals surface area contributed by atoms with Crippen molar-refractivity contribution in [2.75, 3.05) is 26.4 Å². The molecule has 1 aliphatic heterocycles. The molecule has 1 N–H and O–H groups in total. The lowest BCUT2D eigenvalue weighted by Gasteiger charge is -2.34. The molecule has 15 heavy (non-hydrogen) atoms. The molecule has 0 bridgehead atoms. The fourth-order valence-electron chi connectivity index (χ4n) is 1.76. The number of ether oxygens (including phenoxy) is 1. The van der Waals surface area contributed by atoms with E-state index in [1.165, 1.54) is 0 Å². The number of amides is 1. The van der Waals surface area contributed by atoms with Gasteiger partial charge in [0.15, 0.2) is 0 Å². The van der Waals surface area contributed by atoms with Crippen molar-refractivity contribution in [2.24, 2.45) is 5.41 Å². The first kappa shape index (κ1) is 12.4. The highest BCUT2D eigenvalue weighted by Crippen LogP contribution is 2.30. The summed E-state index contributed by atoms with van der Waals surface area (Å²) in [5, 5.41) is 2.81. The molecule has 1 amide bonds. The Morgan fingerprint density at radius 2 is 2.13 bits per heavy atom. The van der Waals surface area contributed by atoms with E-state index in [0.29, 0.717) is 39.0 Å². The number of hydrogen-bond acceptors (Lipinski definition) is 2. The van der Waals surface area contributed by atoms with Crippen LogP contribution in [0.3, 0.4) is 0 Å². The first-order valence-electron chi connectivity index (χ1n) is 5.63. The molecule has 3 nitrogen and oxygen atoms in total. The number of carbonyl (C=O) groups excluding carboxylic acids is 1. The lowest BCUT2D eigenvalue weighted by atomic mass is 9.81. The van der Waals surface area contributed by atoms with Crippen LogP contribution in [0.5, 0.6) is 0 Å². The van der Waals surface area contributed by atoms with Crippen LogP contribution in [-0.4, -0.2) is 32.3 Å². The molecule has 0 aromatic carbocycles. The molecule has 1 saturated heterocycles. The van der Waals surface area contributed by atoms with Gasteiger partial charge in [-0.25, -0.2) is 0 Å². The van der Waals surface area contributed by atoms with Gasteiger partial charge in [0.1, 0.15) is 0 Å². The highest BCUT2D eigenvalue weighted by atomic mass is 19.1. The number of rotatable bonds is 5. The molecular weight excluding hydrogens is 197 g/mol. The molecule has 0 spiro atoms. The van der Waals surface area contributed by atoms with Crippen molar-refractivity contribution in [3.05, 3.63) is 0 Å². The molecule has 1 fully saturated rings. The summed E-state index contributed by atoms with van der Waals surface area (Å²) in [4.78, 5) is 11.3. The van der Waals surface area contributed by atoms with Crippen LogP contribution in [-0.2, 0) is 9.53 Å². The molecule has 1 aliphatic rings. The first-order valence-corrected chi connectivity index (χ1v) is 5.63. The predicted octanol–water partition coefficient (Wildman–Crippen LogP) is 1.67. The molecular formula is C11H20FNO2. The van der Waals surface area contributed by atoms with E-state index >= 15 is 0 Å². The summed E-state index contributed by atoms with van der Waals surface area (Å²) in [6, 6.07) is 0. The van der Waals surface area contributed by atoms with Gasteiger partial charge in [0, 0.05) is 31.6 Å². The third-order valence-electron chi connectivity index (χ3n) is 2.97. The Bertz CT molecular complexity index is 203. The van der Waals surface area contributed by atoms with Gasteiger partial charge in [-0.3, -0.25) is 9.18 Å². The zero-order valence-electron chi connectivity index (χ0n) is 9.35. The summed E-state index contributed by atoms with van der Waals surface area (Å²) in [7, 11) is 0. The molecule has 1 rings (SSSR count). The maximum Gasteiger partial charge on any atom is 0.220 e. The summed E-state index contributed by atoms with van der Waals surface area (Å²) < 4.78 is 18.2. The molecule has 0 aromatic heterocycles. The number of alkyl halides is 1. The maximum atomic E-state index is 13.0. The summed E-state index contributed by atoms with van der Waals surface area (Å²) in [5.74, 6) is 0.0248. The molecule has 1 heterocycles. The Morgan fingerprint density at radius 1 is 1.47 bits per heavy atom. The number of nitrogens with one attached hydrogen (secondary N) is 1. The van der Waals surface area contributed by atoms with Gasteiger partial charge in [-0.2, -0.15) is 0 Å². The second-order valence-electron chi connectivity index (χ2n) is 4.27. The van der Waals surface area contributed by atoms with E-state index < -0.39 is 0 Å². The Morgan fingerprint density at radius 3 is 2.67 bits per heavy atom. The highest BCUT2D eigenvalue weighted by molar-refractivity contribution is 5.75. The summed E-state index contributed by atoms with van der Waals surface area (Å²) in [5.41, 5.74) is -0.373. The highest BCUT2D eigenvalue weighted by Gasteiger charge is 2.32. The van der Waals surface area contributed by atoms with E-state index in [1.807, 2.05) is 6.92 Å². The van der Waals surface area contributed by atoms with Gasteiger partial charge < -0.3 is 10.1 Å². The molecule has 0 unspecified atom stereocenters. The zero-order valence-corrected chi connectivity index (χ0v) is 9.35. The minimum absolute atomic E-state index is 0.0248. The van der Waals surface area contributed by atoms with Gasteiger partial charge in [0.2, 0.25) is 5.91 Å². The van der Waals surface area contributed by atoms with Gasteiger partial charge in [0.05, 0.1) is 6.67 Å². The quantitative estimate of drug-likeness (QED) is 0.760. The van der Waals surface area contributed by atoms with Crippen molar-refractivity contribution >= 4 is 5.91 Å². The van der Waals surface area contributed by atoms with Gasteiger partial charge >= 0.3 is 0 Å². The van der Waals surface area contributed by atoms with Gasteiger partial charge in [-0.05, 0) is 19.3 Å². The molecule has 88 valence electrons. The van der Waals surface area contributed by atoms with Gasteiger partial charge in [-0.1, -0.05) is 6.92 Å². The number of carbonyl (C=O) groups is 1. The third-order valence-corrected chi connectivity index (χ3v) is 2.97. The van der Waals surface area contributed by atoms with Crippen molar-refractivity contribution in [2.45, 2.75) is 32.6 Å². The molecule has 4 heteroatoms. The number of halogens is 1. The van der Waals surface area contributed by atoms with Crippen LogP contribution in [0, 0.1) is 5.41 Å². The monoisotopic (exact) mass is 217 g/mol. The second kappa shape index (κ2) is 6.05. The fourth-order valence-corrected chi connectivity index (χ4v) is 1.76. The Kier molecular flexibility index (Phi) is 5.02. The lowest BCUT2D eigenvalue weighted by Crippen LogP contribution is -2.42. The van der Waals surface area contributed by atoms with Crippen molar-refractivity contribution < 1.29 is 13.9 Å².